The molecular formula is C24H24ClFN6O. The summed E-state index contributed by atoms with van der Waals surface area (Å²) in [4.78, 5) is 19.0. The minimum atomic E-state index is -0.456. The molecule has 0 aliphatic carbocycles. The number of rotatable bonds is 3. The van der Waals surface area contributed by atoms with E-state index in [0.29, 0.717) is 39.7 Å². The zero-order valence-corrected chi connectivity index (χ0v) is 19.6. The highest BCUT2D eigenvalue weighted by Gasteiger charge is 2.32. The van der Waals surface area contributed by atoms with Gasteiger partial charge in [-0.1, -0.05) is 11.6 Å². The highest BCUT2D eigenvalue weighted by Crippen LogP contribution is 2.40. The molecule has 0 bridgehead atoms. The van der Waals surface area contributed by atoms with Crippen molar-refractivity contribution < 1.29 is 9.13 Å². The van der Waals surface area contributed by atoms with Gasteiger partial charge in [-0.3, -0.25) is 4.68 Å². The molecule has 1 aliphatic heterocycles. The topological polar surface area (TPSA) is 78.6 Å². The number of hydrogen-bond acceptors (Lipinski definition) is 6. The molecule has 170 valence electrons. The summed E-state index contributed by atoms with van der Waals surface area (Å²) in [6.07, 6.45) is 5.13. The van der Waals surface area contributed by atoms with Crippen LogP contribution in [-0.4, -0.2) is 35.8 Å². The van der Waals surface area contributed by atoms with E-state index in [2.05, 4.69) is 15.1 Å². The van der Waals surface area contributed by atoms with E-state index in [1.807, 2.05) is 40.2 Å². The largest absolute Gasteiger partial charge is 0.370 e. The molecule has 5 rings (SSSR count). The van der Waals surface area contributed by atoms with Crippen LogP contribution in [0.25, 0.3) is 22.4 Å². The molecule has 4 aromatic rings. The summed E-state index contributed by atoms with van der Waals surface area (Å²) in [6.45, 7) is 5.81. The average molecular weight is 467 g/mol. The van der Waals surface area contributed by atoms with Gasteiger partial charge in [0.15, 0.2) is 5.65 Å². The fourth-order valence-corrected chi connectivity index (χ4v) is 4.52. The molecule has 0 saturated carbocycles. The second-order valence-electron chi connectivity index (χ2n) is 8.67. The van der Waals surface area contributed by atoms with Crippen LogP contribution < -0.4 is 0 Å². The number of aromatic nitrogens is 6. The second-order valence-corrected chi connectivity index (χ2v) is 9.11. The van der Waals surface area contributed by atoms with Gasteiger partial charge < -0.3 is 4.74 Å². The summed E-state index contributed by atoms with van der Waals surface area (Å²) >= 11 is 5.99. The molecule has 3 aromatic heterocycles. The number of halogens is 2. The van der Waals surface area contributed by atoms with Crippen LogP contribution in [-0.2, 0) is 11.8 Å². The van der Waals surface area contributed by atoms with Gasteiger partial charge in [0.05, 0.1) is 29.8 Å². The molecule has 0 spiro atoms. The SMILES string of the molecule is Cc1nc2nc(C3CC(C)OC(c4cnn(C)c4)C3)nc(-c3ccc(Cl)cc3F)c2nc1C. The Morgan fingerprint density at radius 2 is 1.88 bits per heavy atom. The average Bonchev–Trinajstić information content (AvgIpc) is 3.20. The second kappa shape index (κ2) is 8.43. The van der Waals surface area contributed by atoms with Crippen molar-refractivity contribution in [1.29, 1.82) is 0 Å². The fraction of sp³-hybridized carbons (Fsp3) is 0.375. The van der Waals surface area contributed by atoms with Gasteiger partial charge in [0.2, 0.25) is 0 Å². The molecule has 0 N–H and O–H groups in total. The zero-order chi connectivity index (χ0) is 23.3. The maximum absolute atomic E-state index is 14.9. The molecule has 1 aliphatic rings. The lowest BCUT2D eigenvalue weighted by molar-refractivity contribution is -0.0511. The van der Waals surface area contributed by atoms with Crippen LogP contribution in [0.1, 0.15) is 54.6 Å². The van der Waals surface area contributed by atoms with Crippen molar-refractivity contribution in [1.82, 2.24) is 29.7 Å². The summed E-state index contributed by atoms with van der Waals surface area (Å²) in [5.41, 5.74) is 4.25. The standard InChI is InChI=1S/C24H24ClFN6O/c1-12-7-15(8-20(33-12)16-10-27-32(4)11-16)23-30-21(18-6-5-17(25)9-19(18)26)22-24(31-23)29-14(3)13(2)28-22/h5-6,9-12,15,20H,7-8H2,1-4H3. The van der Waals surface area contributed by atoms with Gasteiger partial charge in [0, 0.05) is 35.3 Å². The Hall–Kier alpha value is -2.97. The molecule has 3 atom stereocenters. The molecule has 3 unspecified atom stereocenters. The third-order valence-electron chi connectivity index (χ3n) is 6.12. The first-order valence-corrected chi connectivity index (χ1v) is 11.3. The first-order chi connectivity index (χ1) is 15.8. The Balaban J connectivity index is 1.64. The van der Waals surface area contributed by atoms with Crippen LogP contribution in [0, 0.1) is 19.7 Å². The van der Waals surface area contributed by atoms with Crippen molar-refractivity contribution >= 4 is 22.8 Å². The third kappa shape index (κ3) is 4.20. The summed E-state index contributed by atoms with van der Waals surface area (Å²) in [5.74, 6) is 0.177. The Morgan fingerprint density at radius 1 is 1.09 bits per heavy atom. The Labute approximate surface area is 196 Å². The summed E-state index contributed by atoms with van der Waals surface area (Å²) in [5, 5.41) is 4.60. The monoisotopic (exact) mass is 466 g/mol. The van der Waals surface area contributed by atoms with Crippen LogP contribution in [0.4, 0.5) is 4.39 Å². The van der Waals surface area contributed by atoms with Crippen LogP contribution in [0.5, 0.6) is 0 Å². The van der Waals surface area contributed by atoms with E-state index < -0.39 is 5.82 Å². The molecule has 4 heterocycles. The predicted octanol–water partition coefficient (Wildman–Crippen LogP) is 5.25. The van der Waals surface area contributed by atoms with Gasteiger partial charge >= 0.3 is 0 Å². The van der Waals surface area contributed by atoms with Crippen LogP contribution in [0.2, 0.25) is 5.02 Å². The van der Waals surface area contributed by atoms with Crippen LogP contribution in [0.15, 0.2) is 30.6 Å². The fourth-order valence-electron chi connectivity index (χ4n) is 4.36. The molecule has 1 fully saturated rings. The molecule has 0 amide bonds. The summed E-state index contributed by atoms with van der Waals surface area (Å²) in [7, 11) is 1.88. The van der Waals surface area contributed by atoms with Gasteiger partial charge in [-0.15, -0.1) is 0 Å². The van der Waals surface area contributed by atoms with E-state index in [-0.39, 0.29) is 18.1 Å². The molecule has 0 radical (unpaired) electrons. The van der Waals surface area contributed by atoms with E-state index in [0.717, 1.165) is 23.4 Å². The Bertz CT molecular complexity index is 1360. The van der Waals surface area contributed by atoms with Crippen LogP contribution in [0.3, 0.4) is 0 Å². The lowest BCUT2D eigenvalue weighted by atomic mass is 9.89. The van der Waals surface area contributed by atoms with Gasteiger partial charge in [-0.05, 0) is 51.8 Å². The van der Waals surface area contributed by atoms with Gasteiger partial charge in [0.25, 0.3) is 0 Å². The minimum Gasteiger partial charge on any atom is -0.370 e. The Morgan fingerprint density at radius 3 is 2.61 bits per heavy atom. The van der Waals surface area contributed by atoms with E-state index in [1.54, 1.807) is 16.8 Å². The van der Waals surface area contributed by atoms with E-state index in [9.17, 15) is 4.39 Å². The molecule has 33 heavy (non-hydrogen) atoms. The molecule has 1 aromatic carbocycles. The molecular weight excluding hydrogens is 443 g/mol. The highest BCUT2D eigenvalue weighted by atomic mass is 35.5. The molecule has 1 saturated heterocycles. The maximum Gasteiger partial charge on any atom is 0.182 e. The highest BCUT2D eigenvalue weighted by molar-refractivity contribution is 6.30. The third-order valence-corrected chi connectivity index (χ3v) is 6.35. The summed E-state index contributed by atoms with van der Waals surface area (Å²) < 4.78 is 22.9. The van der Waals surface area contributed by atoms with Crippen molar-refractivity contribution in [3.63, 3.8) is 0 Å². The number of benzene rings is 1. The van der Waals surface area contributed by atoms with Gasteiger partial charge in [-0.25, -0.2) is 24.3 Å². The first kappa shape index (κ1) is 21.9. The minimum absolute atomic E-state index is 0.00908. The smallest absolute Gasteiger partial charge is 0.182 e. The lowest BCUT2D eigenvalue weighted by Crippen LogP contribution is -2.26. The van der Waals surface area contributed by atoms with E-state index in [1.165, 1.54) is 6.07 Å². The lowest BCUT2D eigenvalue weighted by Gasteiger charge is -2.33. The number of aryl methyl sites for hydroxylation is 3. The quantitative estimate of drug-likeness (QED) is 0.410. The predicted molar refractivity (Wildman–Crippen MR) is 123 cm³/mol. The summed E-state index contributed by atoms with van der Waals surface area (Å²) in [6, 6.07) is 4.57. The van der Waals surface area contributed by atoms with E-state index in [4.69, 9.17) is 26.3 Å². The van der Waals surface area contributed by atoms with Crippen molar-refractivity contribution in [2.45, 2.75) is 51.7 Å². The molecule has 9 heteroatoms. The van der Waals surface area contributed by atoms with Crippen molar-refractivity contribution in [2.24, 2.45) is 7.05 Å². The van der Waals surface area contributed by atoms with Crippen molar-refractivity contribution in [3.8, 4) is 11.3 Å². The van der Waals surface area contributed by atoms with E-state index >= 15 is 0 Å². The van der Waals surface area contributed by atoms with Gasteiger partial charge in [0.1, 0.15) is 22.9 Å². The van der Waals surface area contributed by atoms with Crippen LogP contribution >= 0.6 is 11.6 Å². The first-order valence-electron chi connectivity index (χ1n) is 10.9. The Kier molecular flexibility index (Phi) is 5.58. The van der Waals surface area contributed by atoms with Crippen molar-refractivity contribution in [3.05, 3.63) is 64.2 Å². The maximum atomic E-state index is 14.9. The number of ether oxygens (including phenoxy) is 1. The van der Waals surface area contributed by atoms with Crippen molar-refractivity contribution in [2.75, 3.05) is 0 Å². The van der Waals surface area contributed by atoms with Gasteiger partial charge in [-0.2, -0.15) is 5.10 Å². The normalized spacial score (nSPS) is 21.0. The number of fused-ring (bicyclic) bond motifs is 1. The number of hydrogen-bond donors (Lipinski definition) is 0. The molecule has 7 nitrogen and oxygen atoms in total. The zero-order valence-electron chi connectivity index (χ0n) is 18.9. The number of nitrogens with zero attached hydrogens (tertiary/aromatic N) is 6.